The molecule has 0 atom stereocenters. The van der Waals surface area contributed by atoms with Gasteiger partial charge in [0.05, 0.1) is 0 Å². The molecule has 0 rings (SSSR count). The molecule has 2 N–H and O–H groups in total. The van der Waals surface area contributed by atoms with Gasteiger partial charge in [-0.1, -0.05) is 6.42 Å². The van der Waals surface area contributed by atoms with E-state index in [9.17, 15) is 4.79 Å². The Bertz CT molecular complexity index is 109. The van der Waals surface area contributed by atoms with Gasteiger partial charge in [-0.05, 0) is 24.6 Å². The molecule has 0 aromatic rings. The van der Waals surface area contributed by atoms with Gasteiger partial charge in [0.15, 0.2) is 0 Å². The molecule has 3 nitrogen and oxygen atoms in total. The lowest BCUT2D eigenvalue weighted by Crippen LogP contribution is -2.20. The van der Waals surface area contributed by atoms with Crippen LogP contribution in [-0.2, 0) is 4.79 Å². The Morgan fingerprint density at radius 2 is 1.91 bits per heavy atom. The molecule has 1 amide bonds. The Morgan fingerprint density at radius 3 is 2.45 bits per heavy atom. The van der Waals surface area contributed by atoms with Crippen molar-refractivity contribution in [3.8, 4) is 0 Å². The maximum absolute atomic E-state index is 10.4. The highest BCUT2D eigenvalue weighted by atomic mass is 35.5. The predicted octanol–water partition coefficient (Wildman–Crippen LogP) is 1.04. The molecule has 0 radical (unpaired) electrons. The van der Waals surface area contributed by atoms with Gasteiger partial charge in [-0.25, -0.2) is 4.84 Å². The standard InChI is InChI=1S/C7H15ClN2O/c1-7(11)9-5-3-2-4-6-10-8/h10H,2-6H2,1H3,(H,9,11). The van der Waals surface area contributed by atoms with Crippen LogP contribution in [0, 0.1) is 0 Å². The molecule has 0 aromatic heterocycles. The van der Waals surface area contributed by atoms with Crippen LogP contribution in [0.1, 0.15) is 26.2 Å². The lowest BCUT2D eigenvalue weighted by atomic mass is 10.2. The molecule has 0 aliphatic heterocycles. The molecule has 0 fully saturated rings. The zero-order chi connectivity index (χ0) is 8.53. The fourth-order valence-corrected chi connectivity index (χ4v) is 0.892. The number of nitrogens with one attached hydrogen (secondary N) is 2. The highest BCUT2D eigenvalue weighted by molar-refractivity contribution is 6.13. The number of unbranched alkanes of at least 4 members (excludes halogenated alkanes) is 2. The lowest BCUT2D eigenvalue weighted by molar-refractivity contribution is -0.118. The van der Waals surface area contributed by atoms with E-state index in [0.29, 0.717) is 0 Å². The van der Waals surface area contributed by atoms with Gasteiger partial charge in [0.1, 0.15) is 0 Å². The summed E-state index contributed by atoms with van der Waals surface area (Å²) in [6, 6.07) is 0. The predicted molar refractivity (Wildman–Crippen MR) is 46.4 cm³/mol. The molecule has 0 bridgehead atoms. The fraction of sp³-hybridized carbons (Fsp3) is 0.857. The number of amides is 1. The van der Waals surface area contributed by atoms with Crippen molar-refractivity contribution in [1.82, 2.24) is 10.2 Å². The van der Waals surface area contributed by atoms with Gasteiger partial charge in [-0.15, -0.1) is 0 Å². The molecule has 0 aliphatic rings. The van der Waals surface area contributed by atoms with Crippen LogP contribution in [0.2, 0.25) is 0 Å². The zero-order valence-electron chi connectivity index (χ0n) is 6.82. The largest absolute Gasteiger partial charge is 0.356 e. The van der Waals surface area contributed by atoms with Crippen LogP contribution in [0.4, 0.5) is 0 Å². The van der Waals surface area contributed by atoms with Crippen molar-refractivity contribution in [2.45, 2.75) is 26.2 Å². The second-order valence-electron chi connectivity index (χ2n) is 2.43. The lowest BCUT2D eigenvalue weighted by Gasteiger charge is -2.00. The first-order valence-corrected chi connectivity index (χ1v) is 4.23. The molecule has 0 aliphatic carbocycles. The van der Waals surface area contributed by atoms with E-state index in [4.69, 9.17) is 11.8 Å². The Hall–Kier alpha value is -0.280. The first-order chi connectivity index (χ1) is 5.27. The van der Waals surface area contributed by atoms with Gasteiger partial charge in [-0.3, -0.25) is 4.79 Å². The summed E-state index contributed by atoms with van der Waals surface area (Å²) in [5.74, 6) is 0.0421. The average molecular weight is 179 g/mol. The Morgan fingerprint density at radius 1 is 1.27 bits per heavy atom. The third kappa shape index (κ3) is 9.72. The number of halogens is 1. The van der Waals surface area contributed by atoms with E-state index in [-0.39, 0.29) is 5.91 Å². The van der Waals surface area contributed by atoms with E-state index in [0.717, 1.165) is 32.4 Å². The van der Waals surface area contributed by atoms with E-state index < -0.39 is 0 Å². The van der Waals surface area contributed by atoms with Gasteiger partial charge in [0.2, 0.25) is 5.91 Å². The van der Waals surface area contributed by atoms with Crippen molar-refractivity contribution in [3.63, 3.8) is 0 Å². The molecule has 11 heavy (non-hydrogen) atoms. The maximum atomic E-state index is 10.4. The normalized spacial score (nSPS) is 9.64. The summed E-state index contributed by atoms with van der Waals surface area (Å²) in [6.07, 6.45) is 3.18. The van der Waals surface area contributed by atoms with Crippen LogP contribution in [0.15, 0.2) is 0 Å². The summed E-state index contributed by atoms with van der Waals surface area (Å²) in [6.45, 7) is 3.14. The molecular formula is C7H15ClN2O. The molecule has 0 unspecified atom stereocenters. The van der Waals surface area contributed by atoms with E-state index in [1.807, 2.05) is 0 Å². The van der Waals surface area contributed by atoms with Crippen LogP contribution < -0.4 is 10.2 Å². The fourth-order valence-electron chi connectivity index (χ4n) is 0.758. The highest BCUT2D eigenvalue weighted by Gasteiger charge is 1.90. The molecule has 4 heteroatoms. The SMILES string of the molecule is CC(=O)NCCCCCNCl. The molecular weight excluding hydrogens is 164 g/mol. The van der Waals surface area contributed by atoms with Crippen LogP contribution in [0.25, 0.3) is 0 Å². The Kier molecular flexibility index (Phi) is 7.62. The van der Waals surface area contributed by atoms with E-state index in [2.05, 4.69) is 10.2 Å². The van der Waals surface area contributed by atoms with Gasteiger partial charge < -0.3 is 5.32 Å². The van der Waals surface area contributed by atoms with E-state index >= 15 is 0 Å². The van der Waals surface area contributed by atoms with Crippen molar-refractivity contribution in [2.75, 3.05) is 13.1 Å². The van der Waals surface area contributed by atoms with Crippen molar-refractivity contribution in [1.29, 1.82) is 0 Å². The quantitative estimate of drug-likeness (QED) is 0.472. The summed E-state index contributed by atoms with van der Waals surface area (Å²) in [5.41, 5.74) is 0. The minimum Gasteiger partial charge on any atom is -0.356 e. The number of carbonyl (C=O) groups is 1. The van der Waals surface area contributed by atoms with E-state index in [1.54, 1.807) is 0 Å². The second kappa shape index (κ2) is 7.82. The molecule has 66 valence electrons. The average Bonchev–Trinajstić information content (AvgIpc) is 1.96. The van der Waals surface area contributed by atoms with E-state index in [1.165, 1.54) is 6.92 Å². The van der Waals surface area contributed by atoms with Gasteiger partial charge >= 0.3 is 0 Å². The van der Waals surface area contributed by atoms with Crippen molar-refractivity contribution < 1.29 is 4.79 Å². The zero-order valence-corrected chi connectivity index (χ0v) is 7.58. The van der Waals surface area contributed by atoms with Crippen LogP contribution >= 0.6 is 11.8 Å². The second-order valence-corrected chi connectivity index (χ2v) is 2.69. The minimum absolute atomic E-state index is 0.0421. The monoisotopic (exact) mass is 178 g/mol. The van der Waals surface area contributed by atoms with Crippen molar-refractivity contribution >= 4 is 17.7 Å². The Labute approximate surface area is 72.6 Å². The van der Waals surface area contributed by atoms with Crippen LogP contribution in [-0.4, -0.2) is 19.0 Å². The summed E-state index contributed by atoms with van der Waals surface area (Å²) in [5, 5.41) is 2.73. The molecule has 0 aromatic carbocycles. The van der Waals surface area contributed by atoms with Gasteiger partial charge in [0.25, 0.3) is 0 Å². The molecule has 0 saturated heterocycles. The minimum atomic E-state index is 0.0421. The van der Waals surface area contributed by atoms with Gasteiger partial charge in [0, 0.05) is 20.0 Å². The number of carbonyl (C=O) groups excluding carboxylic acids is 1. The van der Waals surface area contributed by atoms with Crippen molar-refractivity contribution in [2.24, 2.45) is 0 Å². The highest BCUT2D eigenvalue weighted by Crippen LogP contribution is 1.92. The van der Waals surface area contributed by atoms with Crippen LogP contribution in [0.5, 0.6) is 0 Å². The summed E-state index contributed by atoms with van der Waals surface area (Å²) >= 11 is 5.25. The summed E-state index contributed by atoms with van der Waals surface area (Å²) < 4.78 is 0. The topological polar surface area (TPSA) is 41.1 Å². The van der Waals surface area contributed by atoms with Gasteiger partial charge in [-0.2, -0.15) is 0 Å². The molecule has 0 spiro atoms. The number of hydrogen-bond donors (Lipinski definition) is 2. The third-order valence-corrected chi connectivity index (χ3v) is 1.51. The van der Waals surface area contributed by atoms with Crippen LogP contribution in [0.3, 0.4) is 0 Å². The first-order valence-electron chi connectivity index (χ1n) is 3.85. The molecule has 0 heterocycles. The number of rotatable bonds is 6. The summed E-state index contributed by atoms with van der Waals surface area (Å²) in [4.78, 5) is 12.9. The first kappa shape index (κ1) is 10.7. The smallest absolute Gasteiger partial charge is 0.216 e. The Balaban J connectivity index is 2.85. The van der Waals surface area contributed by atoms with Crippen molar-refractivity contribution in [3.05, 3.63) is 0 Å². The maximum Gasteiger partial charge on any atom is 0.216 e. The third-order valence-electron chi connectivity index (χ3n) is 1.32. The summed E-state index contributed by atoms with van der Waals surface area (Å²) in [7, 11) is 0. The molecule has 0 saturated carbocycles. The number of hydrogen-bond acceptors (Lipinski definition) is 2.